The minimum absolute atomic E-state index is 0.0862. The molecule has 2 N–H and O–H groups in total. The SMILES string of the molecule is COC[C@@H](NC(=O)C1(C)CCCCC1)C(=O)Nc1sc(Cc2ccc(C#N)cc2)nc1C. The second kappa shape index (κ2) is 10.7. The molecular weight excluding hydrogens is 424 g/mol. The van der Waals surface area contributed by atoms with Crippen LogP contribution in [0.2, 0.25) is 0 Å². The van der Waals surface area contributed by atoms with Crippen LogP contribution in [0.25, 0.3) is 0 Å². The molecule has 0 spiro atoms. The van der Waals surface area contributed by atoms with Gasteiger partial charge >= 0.3 is 0 Å². The summed E-state index contributed by atoms with van der Waals surface area (Å²) in [6.45, 7) is 3.93. The highest BCUT2D eigenvalue weighted by atomic mass is 32.1. The van der Waals surface area contributed by atoms with Crippen molar-refractivity contribution in [2.45, 2.75) is 58.4 Å². The minimum Gasteiger partial charge on any atom is -0.382 e. The standard InChI is InChI=1S/C24H30N4O3S/c1-16-22(32-20(26-16)13-17-7-9-18(14-25)10-8-17)28-21(29)19(15-31-3)27-23(30)24(2)11-5-4-6-12-24/h7-10,19H,4-6,11-13,15H2,1-3H3,(H,27,30)(H,28,29)/t19-/m1/s1. The number of ether oxygens (including phenoxy) is 1. The molecule has 1 aromatic carbocycles. The maximum atomic E-state index is 13.0. The predicted molar refractivity (Wildman–Crippen MR) is 124 cm³/mol. The predicted octanol–water partition coefficient (Wildman–Crippen LogP) is 3.95. The van der Waals surface area contributed by atoms with Crippen molar-refractivity contribution in [1.82, 2.24) is 10.3 Å². The number of rotatable bonds is 8. The number of nitriles is 1. The van der Waals surface area contributed by atoms with E-state index in [9.17, 15) is 9.59 Å². The summed E-state index contributed by atoms with van der Waals surface area (Å²) in [4.78, 5) is 30.4. The van der Waals surface area contributed by atoms with E-state index in [2.05, 4.69) is 21.7 Å². The second-order valence-electron chi connectivity index (χ2n) is 8.60. The molecule has 2 amide bonds. The van der Waals surface area contributed by atoms with Crippen LogP contribution in [0.1, 0.15) is 60.9 Å². The van der Waals surface area contributed by atoms with Crippen LogP contribution in [0.4, 0.5) is 5.00 Å². The van der Waals surface area contributed by atoms with Gasteiger partial charge < -0.3 is 15.4 Å². The number of methoxy groups -OCH3 is 1. The van der Waals surface area contributed by atoms with Crippen molar-refractivity contribution in [3.8, 4) is 6.07 Å². The summed E-state index contributed by atoms with van der Waals surface area (Å²) in [5.41, 5.74) is 1.96. The molecular formula is C24H30N4O3S. The molecule has 0 radical (unpaired) electrons. The molecule has 1 fully saturated rings. The van der Waals surface area contributed by atoms with Gasteiger partial charge in [-0.25, -0.2) is 4.98 Å². The quantitative estimate of drug-likeness (QED) is 0.628. The molecule has 7 nitrogen and oxygen atoms in total. The number of nitrogens with zero attached hydrogens (tertiary/aromatic N) is 2. The molecule has 1 aliphatic rings. The first-order valence-corrected chi connectivity index (χ1v) is 11.7. The van der Waals surface area contributed by atoms with Gasteiger partial charge in [-0.15, -0.1) is 11.3 Å². The monoisotopic (exact) mass is 454 g/mol. The fourth-order valence-corrected chi connectivity index (χ4v) is 4.96. The van der Waals surface area contributed by atoms with E-state index in [1.807, 2.05) is 26.0 Å². The Hall–Kier alpha value is -2.76. The number of carbonyl (C=O) groups excluding carboxylic acids is 2. The highest BCUT2D eigenvalue weighted by Crippen LogP contribution is 2.36. The maximum Gasteiger partial charge on any atom is 0.250 e. The second-order valence-corrected chi connectivity index (χ2v) is 9.68. The number of thiazole rings is 1. The van der Waals surface area contributed by atoms with Gasteiger partial charge in [0.15, 0.2) is 0 Å². The van der Waals surface area contributed by atoms with Gasteiger partial charge in [0.05, 0.1) is 28.9 Å². The molecule has 1 aliphatic carbocycles. The van der Waals surface area contributed by atoms with Crippen LogP contribution in [0.15, 0.2) is 24.3 Å². The van der Waals surface area contributed by atoms with E-state index in [0.717, 1.165) is 48.4 Å². The molecule has 1 heterocycles. The molecule has 32 heavy (non-hydrogen) atoms. The summed E-state index contributed by atoms with van der Waals surface area (Å²) >= 11 is 1.41. The third-order valence-corrected chi connectivity index (χ3v) is 7.05. The first-order valence-electron chi connectivity index (χ1n) is 10.9. The third kappa shape index (κ3) is 5.93. The topological polar surface area (TPSA) is 104 Å². The smallest absolute Gasteiger partial charge is 0.250 e. The van der Waals surface area contributed by atoms with E-state index in [-0.39, 0.29) is 18.4 Å². The molecule has 8 heteroatoms. The lowest BCUT2D eigenvalue weighted by Gasteiger charge is -2.33. The van der Waals surface area contributed by atoms with Crippen LogP contribution in [-0.4, -0.2) is 36.6 Å². The first-order chi connectivity index (χ1) is 15.3. The van der Waals surface area contributed by atoms with Crippen molar-refractivity contribution in [2.75, 3.05) is 19.0 Å². The first kappa shape index (κ1) is 23.9. The number of anilines is 1. The Morgan fingerprint density at radius 2 is 1.94 bits per heavy atom. The fraction of sp³-hybridized carbons (Fsp3) is 0.500. The number of amides is 2. The Morgan fingerprint density at radius 3 is 2.56 bits per heavy atom. The van der Waals surface area contributed by atoms with Gasteiger partial charge in [0.2, 0.25) is 11.8 Å². The van der Waals surface area contributed by atoms with E-state index >= 15 is 0 Å². The number of aromatic nitrogens is 1. The van der Waals surface area contributed by atoms with Crippen molar-refractivity contribution < 1.29 is 14.3 Å². The maximum absolute atomic E-state index is 13.0. The van der Waals surface area contributed by atoms with E-state index in [0.29, 0.717) is 17.0 Å². The van der Waals surface area contributed by atoms with Crippen LogP contribution < -0.4 is 10.6 Å². The molecule has 170 valence electrons. The molecule has 0 saturated heterocycles. The summed E-state index contributed by atoms with van der Waals surface area (Å²) < 4.78 is 5.21. The number of aryl methyl sites for hydroxylation is 1. The van der Waals surface area contributed by atoms with Crippen molar-refractivity contribution in [3.63, 3.8) is 0 Å². The number of nitrogens with one attached hydrogen (secondary N) is 2. The van der Waals surface area contributed by atoms with Crippen molar-refractivity contribution in [3.05, 3.63) is 46.1 Å². The van der Waals surface area contributed by atoms with Gasteiger partial charge in [0.1, 0.15) is 11.0 Å². The van der Waals surface area contributed by atoms with Crippen LogP contribution in [-0.2, 0) is 20.7 Å². The highest BCUT2D eigenvalue weighted by molar-refractivity contribution is 7.16. The van der Waals surface area contributed by atoms with E-state index in [1.165, 1.54) is 18.4 Å². The Balaban J connectivity index is 1.65. The van der Waals surface area contributed by atoms with Gasteiger partial charge in [-0.2, -0.15) is 5.26 Å². The van der Waals surface area contributed by atoms with Crippen LogP contribution in [0, 0.1) is 23.7 Å². The molecule has 0 bridgehead atoms. The summed E-state index contributed by atoms with van der Waals surface area (Å²) in [7, 11) is 1.52. The zero-order valence-corrected chi connectivity index (χ0v) is 19.7. The van der Waals surface area contributed by atoms with Crippen LogP contribution in [0.5, 0.6) is 0 Å². The molecule has 2 aromatic rings. The van der Waals surface area contributed by atoms with Gasteiger partial charge in [-0.1, -0.05) is 38.3 Å². The summed E-state index contributed by atoms with van der Waals surface area (Å²) in [5.74, 6) is -0.395. The molecule has 0 unspecified atom stereocenters. The van der Waals surface area contributed by atoms with Crippen molar-refractivity contribution in [1.29, 1.82) is 5.26 Å². The molecule has 1 saturated carbocycles. The Morgan fingerprint density at radius 1 is 1.25 bits per heavy atom. The Kier molecular flexibility index (Phi) is 7.99. The largest absolute Gasteiger partial charge is 0.382 e. The highest BCUT2D eigenvalue weighted by Gasteiger charge is 2.36. The van der Waals surface area contributed by atoms with E-state index in [1.54, 1.807) is 12.1 Å². The molecule has 3 rings (SSSR count). The number of hydrogen-bond acceptors (Lipinski definition) is 6. The lowest BCUT2D eigenvalue weighted by atomic mass is 9.75. The number of benzene rings is 1. The Bertz CT molecular complexity index is 988. The average Bonchev–Trinajstić information content (AvgIpc) is 3.12. The van der Waals surface area contributed by atoms with Gasteiger partial charge in [0.25, 0.3) is 0 Å². The zero-order chi connectivity index (χ0) is 23.1. The van der Waals surface area contributed by atoms with Gasteiger partial charge in [-0.05, 0) is 37.5 Å². The Labute approximate surface area is 193 Å². The lowest BCUT2D eigenvalue weighted by Crippen LogP contribution is -2.51. The van der Waals surface area contributed by atoms with Crippen LogP contribution in [0.3, 0.4) is 0 Å². The lowest BCUT2D eigenvalue weighted by molar-refractivity contribution is -0.135. The van der Waals surface area contributed by atoms with Crippen molar-refractivity contribution >= 4 is 28.2 Å². The van der Waals surface area contributed by atoms with E-state index < -0.39 is 11.5 Å². The van der Waals surface area contributed by atoms with Gasteiger partial charge in [0, 0.05) is 18.9 Å². The third-order valence-electron chi connectivity index (χ3n) is 5.98. The van der Waals surface area contributed by atoms with E-state index in [4.69, 9.17) is 10.00 Å². The van der Waals surface area contributed by atoms with Crippen molar-refractivity contribution in [2.24, 2.45) is 5.41 Å². The summed E-state index contributed by atoms with van der Waals surface area (Å²) in [5, 5.41) is 16.3. The summed E-state index contributed by atoms with van der Waals surface area (Å²) in [6, 6.07) is 8.72. The average molecular weight is 455 g/mol. The minimum atomic E-state index is -0.769. The molecule has 1 aromatic heterocycles. The van der Waals surface area contributed by atoms with Gasteiger partial charge in [-0.3, -0.25) is 9.59 Å². The number of hydrogen-bond donors (Lipinski definition) is 2. The molecule has 1 atom stereocenters. The number of carbonyl (C=O) groups is 2. The summed E-state index contributed by atoms with van der Waals surface area (Å²) in [6.07, 6.45) is 5.52. The zero-order valence-electron chi connectivity index (χ0n) is 18.9. The normalized spacial score (nSPS) is 16.1. The van der Waals surface area contributed by atoms with Crippen LogP contribution >= 0.6 is 11.3 Å². The fourth-order valence-electron chi connectivity index (χ4n) is 3.96. The molecule has 0 aliphatic heterocycles.